The van der Waals surface area contributed by atoms with Crippen molar-refractivity contribution in [2.24, 2.45) is 7.05 Å². The largest absolute Gasteiger partial charge is 0.332 e. The summed E-state index contributed by atoms with van der Waals surface area (Å²) in [6.45, 7) is 3.13. The molecule has 1 aromatic carbocycles. The predicted molar refractivity (Wildman–Crippen MR) is 106 cm³/mol. The maximum Gasteiger partial charge on any atom is 0.273 e. The van der Waals surface area contributed by atoms with Gasteiger partial charge in [-0.25, -0.2) is 4.98 Å². The Bertz CT molecular complexity index is 1190. The van der Waals surface area contributed by atoms with Crippen LogP contribution in [-0.4, -0.2) is 36.5 Å². The molecule has 6 nitrogen and oxygen atoms in total. The first-order chi connectivity index (χ1) is 13.6. The van der Waals surface area contributed by atoms with Crippen LogP contribution in [0.2, 0.25) is 0 Å². The Kier molecular flexibility index (Phi) is 3.79. The third kappa shape index (κ3) is 2.60. The first-order valence-electron chi connectivity index (χ1n) is 9.41. The van der Waals surface area contributed by atoms with Crippen LogP contribution in [-0.2, 0) is 13.6 Å². The summed E-state index contributed by atoms with van der Waals surface area (Å²) in [6, 6.07) is 14.2. The Morgan fingerprint density at radius 2 is 1.96 bits per heavy atom. The highest BCUT2D eigenvalue weighted by Crippen LogP contribution is 2.34. The Labute approximate surface area is 163 Å². The summed E-state index contributed by atoms with van der Waals surface area (Å²) >= 11 is 0. The van der Waals surface area contributed by atoms with Gasteiger partial charge in [0.25, 0.3) is 5.91 Å². The Balaban J connectivity index is 1.57. The molecule has 1 amide bonds. The van der Waals surface area contributed by atoms with Crippen molar-refractivity contribution in [2.45, 2.75) is 19.4 Å². The summed E-state index contributed by atoms with van der Waals surface area (Å²) in [6.07, 6.45) is 5.84. The minimum Gasteiger partial charge on any atom is -0.332 e. The number of carbonyl (C=O) groups excluding carboxylic acids is 1. The van der Waals surface area contributed by atoms with Crippen LogP contribution in [0.15, 0.2) is 61.1 Å². The Morgan fingerprint density at radius 3 is 2.79 bits per heavy atom. The second-order valence-electron chi connectivity index (χ2n) is 7.36. The van der Waals surface area contributed by atoms with E-state index in [1.807, 2.05) is 70.8 Å². The van der Waals surface area contributed by atoms with Crippen molar-refractivity contribution >= 4 is 11.6 Å². The molecule has 0 spiro atoms. The number of fused-ring (bicyclic) bond motifs is 2. The SMILES string of the molecule is Cc1nc2ccccn2c1C(=O)N1Cc2ccccc2C(c2cnn(C)c2)C1. The van der Waals surface area contributed by atoms with Gasteiger partial charge in [-0.1, -0.05) is 30.3 Å². The van der Waals surface area contributed by atoms with Crippen molar-refractivity contribution in [2.75, 3.05) is 6.54 Å². The summed E-state index contributed by atoms with van der Waals surface area (Å²) in [4.78, 5) is 20.0. The molecule has 1 unspecified atom stereocenters. The number of hydrogen-bond donors (Lipinski definition) is 0. The van der Waals surface area contributed by atoms with E-state index in [9.17, 15) is 4.79 Å². The van der Waals surface area contributed by atoms with Gasteiger partial charge in [0.05, 0.1) is 11.9 Å². The van der Waals surface area contributed by atoms with E-state index in [1.165, 1.54) is 11.1 Å². The molecule has 0 N–H and O–H groups in total. The number of nitrogens with zero attached hydrogens (tertiary/aromatic N) is 5. The molecule has 1 aliphatic rings. The van der Waals surface area contributed by atoms with Crippen LogP contribution in [0.5, 0.6) is 0 Å². The van der Waals surface area contributed by atoms with Crippen molar-refractivity contribution in [3.8, 4) is 0 Å². The van der Waals surface area contributed by atoms with Gasteiger partial charge in [0.15, 0.2) is 0 Å². The van der Waals surface area contributed by atoms with Crippen molar-refractivity contribution in [1.29, 1.82) is 0 Å². The standard InChI is InChI=1S/C22H21N5O/c1-15-21(27-10-6-5-9-20(27)24-15)22(28)26-13-16-7-3-4-8-18(16)19(14-26)17-11-23-25(2)12-17/h3-12,19H,13-14H2,1-2H3. The molecular weight excluding hydrogens is 350 g/mol. The minimum absolute atomic E-state index is 0.0135. The number of hydrogen-bond acceptors (Lipinski definition) is 3. The molecule has 0 saturated carbocycles. The molecule has 0 bridgehead atoms. The third-order valence-corrected chi connectivity index (χ3v) is 5.52. The van der Waals surface area contributed by atoms with Gasteiger partial charge in [-0.3, -0.25) is 13.9 Å². The van der Waals surface area contributed by atoms with Gasteiger partial charge < -0.3 is 4.90 Å². The van der Waals surface area contributed by atoms with Crippen LogP contribution >= 0.6 is 0 Å². The molecule has 28 heavy (non-hydrogen) atoms. The van der Waals surface area contributed by atoms with E-state index in [4.69, 9.17) is 0 Å². The fourth-order valence-corrected chi connectivity index (χ4v) is 4.19. The van der Waals surface area contributed by atoms with E-state index in [0.717, 1.165) is 16.9 Å². The molecule has 3 aromatic heterocycles. The molecular formula is C22H21N5O. The normalized spacial score (nSPS) is 16.4. The smallest absolute Gasteiger partial charge is 0.273 e. The van der Waals surface area contributed by atoms with E-state index in [1.54, 1.807) is 0 Å². The summed E-state index contributed by atoms with van der Waals surface area (Å²) < 4.78 is 3.70. The highest BCUT2D eigenvalue weighted by Gasteiger charge is 2.32. The number of pyridine rings is 1. The van der Waals surface area contributed by atoms with Crippen molar-refractivity contribution in [3.63, 3.8) is 0 Å². The van der Waals surface area contributed by atoms with E-state index in [0.29, 0.717) is 18.8 Å². The summed E-state index contributed by atoms with van der Waals surface area (Å²) in [5, 5.41) is 4.34. The van der Waals surface area contributed by atoms with Crippen LogP contribution in [0.4, 0.5) is 0 Å². The summed E-state index contributed by atoms with van der Waals surface area (Å²) in [5.74, 6) is 0.127. The van der Waals surface area contributed by atoms with Gasteiger partial charge in [-0.2, -0.15) is 5.10 Å². The van der Waals surface area contributed by atoms with Gasteiger partial charge >= 0.3 is 0 Å². The Morgan fingerprint density at radius 1 is 1.14 bits per heavy atom. The molecule has 140 valence electrons. The lowest BCUT2D eigenvalue weighted by molar-refractivity contribution is 0.0717. The topological polar surface area (TPSA) is 55.4 Å². The average molecular weight is 371 g/mol. The van der Waals surface area contributed by atoms with Gasteiger partial charge in [0.1, 0.15) is 11.3 Å². The zero-order chi connectivity index (χ0) is 19.3. The predicted octanol–water partition coefficient (Wildman–Crippen LogP) is 3.16. The van der Waals surface area contributed by atoms with E-state index >= 15 is 0 Å². The highest BCUT2D eigenvalue weighted by atomic mass is 16.2. The number of carbonyl (C=O) groups is 1. The molecule has 1 atom stereocenters. The van der Waals surface area contributed by atoms with Crippen molar-refractivity contribution in [3.05, 3.63) is 89.1 Å². The number of rotatable bonds is 2. The lowest BCUT2D eigenvalue weighted by atomic mass is 9.86. The molecule has 6 heteroatoms. The van der Waals surface area contributed by atoms with E-state index in [-0.39, 0.29) is 11.8 Å². The molecule has 4 aromatic rings. The van der Waals surface area contributed by atoms with Gasteiger partial charge in [-0.05, 0) is 35.7 Å². The number of amides is 1. The number of aryl methyl sites for hydroxylation is 2. The third-order valence-electron chi connectivity index (χ3n) is 5.52. The first kappa shape index (κ1) is 16.7. The van der Waals surface area contributed by atoms with Gasteiger partial charge in [0.2, 0.25) is 0 Å². The highest BCUT2D eigenvalue weighted by molar-refractivity contribution is 5.95. The lowest BCUT2D eigenvalue weighted by Crippen LogP contribution is -2.39. The van der Waals surface area contributed by atoms with Gasteiger partial charge in [0, 0.05) is 38.4 Å². The van der Waals surface area contributed by atoms with Crippen molar-refractivity contribution < 1.29 is 4.79 Å². The minimum atomic E-state index is 0.0135. The van der Waals surface area contributed by atoms with Gasteiger partial charge in [-0.15, -0.1) is 0 Å². The van der Waals surface area contributed by atoms with Crippen LogP contribution in [0.3, 0.4) is 0 Å². The zero-order valence-corrected chi connectivity index (χ0v) is 15.9. The number of imidazole rings is 1. The Hall–Kier alpha value is -3.41. The van der Waals surface area contributed by atoms with E-state index in [2.05, 4.69) is 28.3 Å². The fourth-order valence-electron chi connectivity index (χ4n) is 4.19. The molecule has 0 saturated heterocycles. The maximum atomic E-state index is 13.5. The zero-order valence-electron chi connectivity index (χ0n) is 15.9. The second kappa shape index (κ2) is 6.34. The van der Waals surface area contributed by atoms with Crippen LogP contribution in [0, 0.1) is 6.92 Å². The molecule has 0 aliphatic carbocycles. The monoisotopic (exact) mass is 371 g/mol. The molecule has 0 radical (unpaired) electrons. The molecule has 5 rings (SSSR count). The van der Waals surface area contributed by atoms with Crippen molar-refractivity contribution in [1.82, 2.24) is 24.1 Å². The maximum absolute atomic E-state index is 13.5. The van der Waals surface area contributed by atoms with Crippen LogP contribution < -0.4 is 0 Å². The second-order valence-corrected chi connectivity index (χ2v) is 7.36. The van der Waals surface area contributed by atoms with Crippen LogP contribution in [0.1, 0.15) is 38.8 Å². The molecule has 0 fully saturated rings. The van der Waals surface area contributed by atoms with E-state index < -0.39 is 0 Å². The number of benzene rings is 1. The summed E-state index contributed by atoms with van der Waals surface area (Å²) in [7, 11) is 1.92. The average Bonchev–Trinajstić information content (AvgIpc) is 3.28. The molecule has 4 heterocycles. The molecule has 1 aliphatic heterocycles. The lowest BCUT2D eigenvalue weighted by Gasteiger charge is -2.34. The quantitative estimate of drug-likeness (QED) is 0.544. The van der Waals surface area contributed by atoms with Crippen LogP contribution in [0.25, 0.3) is 5.65 Å². The fraction of sp³-hybridized carbons (Fsp3) is 0.227. The number of aromatic nitrogens is 4. The first-order valence-corrected chi connectivity index (χ1v) is 9.41. The summed E-state index contributed by atoms with van der Waals surface area (Å²) in [5.41, 5.74) is 5.77.